The van der Waals surface area contributed by atoms with Crippen molar-refractivity contribution in [1.82, 2.24) is 0 Å². The molecular formula is C19H9BrO2. The first-order valence-electron chi connectivity index (χ1n) is 7.02. The molecule has 2 nitrogen and oxygen atoms in total. The Labute approximate surface area is 133 Å². The van der Waals surface area contributed by atoms with Gasteiger partial charge in [0.1, 0.15) is 11.2 Å². The Hall–Kier alpha value is -2.39. The highest BCUT2D eigenvalue weighted by Gasteiger charge is 2.14. The standard InChI is InChI=1S/C19H9BrO2/c20-11-3-8-16-14(9-11)12-4-5-13-15(21)6-1-10-2-7-17(22-16)19(12)18(10)13/h1-9H. The Bertz CT molecular complexity index is 1250. The van der Waals surface area contributed by atoms with Crippen LogP contribution >= 0.6 is 15.9 Å². The molecule has 0 spiro atoms. The van der Waals surface area contributed by atoms with Crippen molar-refractivity contribution in [3.05, 3.63) is 69.3 Å². The zero-order valence-corrected chi connectivity index (χ0v) is 13.0. The number of halogens is 1. The maximum absolute atomic E-state index is 12.2. The van der Waals surface area contributed by atoms with E-state index in [4.69, 9.17) is 4.42 Å². The monoisotopic (exact) mass is 348 g/mol. The third kappa shape index (κ3) is 1.46. The third-order valence-corrected chi connectivity index (χ3v) is 4.78. The van der Waals surface area contributed by atoms with E-state index in [0.717, 1.165) is 48.0 Å². The minimum atomic E-state index is 0.0521. The van der Waals surface area contributed by atoms with Gasteiger partial charge >= 0.3 is 0 Å². The summed E-state index contributed by atoms with van der Waals surface area (Å²) in [4.78, 5) is 12.2. The molecule has 1 heterocycles. The molecule has 0 saturated heterocycles. The summed E-state index contributed by atoms with van der Waals surface area (Å²) in [6.45, 7) is 0. The molecule has 4 aromatic carbocycles. The summed E-state index contributed by atoms with van der Waals surface area (Å²) in [6.07, 6.45) is 0. The number of fused-ring (bicyclic) bond motifs is 2. The third-order valence-electron chi connectivity index (χ3n) is 4.29. The van der Waals surface area contributed by atoms with E-state index in [2.05, 4.69) is 22.0 Å². The zero-order chi connectivity index (χ0) is 14.8. The van der Waals surface area contributed by atoms with Gasteiger partial charge in [0.05, 0.1) is 0 Å². The van der Waals surface area contributed by atoms with Crippen molar-refractivity contribution in [2.24, 2.45) is 0 Å². The topological polar surface area (TPSA) is 30.2 Å². The fourth-order valence-electron chi connectivity index (χ4n) is 3.32. The van der Waals surface area contributed by atoms with Crippen molar-refractivity contribution in [3.8, 4) is 0 Å². The van der Waals surface area contributed by atoms with Gasteiger partial charge in [-0.3, -0.25) is 4.79 Å². The molecule has 0 amide bonds. The van der Waals surface area contributed by atoms with E-state index in [-0.39, 0.29) is 5.43 Å². The lowest BCUT2D eigenvalue weighted by Crippen LogP contribution is -1.99. The maximum atomic E-state index is 12.2. The molecule has 1 aromatic heterocycles. The van der Waals surface area contributed by atoms with Gasteiger partial charge < -0.3 is 4.42 Å². The van der Waals surface area contributed by atoms with E-state index < -0.39 is 0 Å². The van der Waals surface area contributed by atoms with Gasteiger partial charge in [-0.15, -0.1) is 0 Å². The molecule has 0 radical (unpaired) electrons. The zero-order valence-electron chi connectivity index (χ0n) is 11.4. The molecule has 22 heavy (non-hydrogen) atoms. The van der Waals surface area contributed by atoms with Gasteiger partial charge in [-0.25, -0.2) is 0 Å². The van der Waals surface area contributed by atoms with Crippen LogP contribution in [-0.2, 0) is 0 Å². The summed E-state index contributed by atoms with van der Waals surface area (Å²) >= 11 is 3.52. The van der Waals surface area contributed by atoms with E-state index in [1.165, 1.54) is 0 Å². The lowest BCUT2D eigenvalue weighted by atomic mass is 9.95. The molecule has 0 unspecified atom stereocenters. The van der Waals surface area contributed by atoms with Crippen molar-refractivity contribution in [2.75, 3.05) is 0 Å². The fraction of sp³-hybridized carbons (Fsp3) is 0. The van der Waals surface area contributed by atoms with Crippen LogP contribution in [0.1, 0.15) is 0 Å². The molecular weight excluding hydrogens is 340 g/mol. The number of hydrogen-bond donors (Lipinski definition) is 0. The summed E-state index contributed by atoms with van der Waals surface area (Å²) in [7, 11) is 0. The Kier molecular flexibility index (Phi) is 2.26. The Balaban J connectivity index is 2.21. The van der Waals surface area contributed by atoms with E-state index in [1.807, 2.05) is 42.5 Å². The number of rotatable bonds is 0. The van der Waals surface area contributed by atoms with Crippen LogP contribution in [0, 0.1) is 0 Å². The minimum Gasteiger partial charge on any atom is -0.456 e. The van der Waals surface area contributed by atoms with Crippen LogP contribution in [0.4, 0.5) is 0 Å². The van der Waals surface area contributed by atoms with Crippen molar-refractivity contribution in [2.45, 2.75) is 0 Å². The summed E-state index contributed by atoms with van der Waals surface area (Å²) < 4.78 is 7.07. The molecule has 5 rings (SSSR count). The first kappa shape index (κ1) is 12.2. The van der Waals surface area contributed by atoms with Crippen LogP contribution in [0.3, 0.4) is 0 Å². The highest BCUT2D eigenvalue weighted by Crippen LogP contribution is 2.38. The summed E-state index contributed by atoms with van der Waals surface area (Å²) in [5.74, 6) is 0. The van der Waals surface area contributed by atoms with Gasteiger partial charge in [0.2, 0.25) is 0 Å². The molecule has 5 aromatic rings. The van der Waals surface area contributed by atoms with Gasteiger partial charge in [0, 0.05) is 26.0 Å². The first-order chi connectivity index (χ1) is 10.7. The van der Waals surface area contributed by atoms with Crippen LogP contribution in [-0.4, -0.2) is 0 Å². The molecule has 0 atom stereocenters. The Morgan fingerprint density at radius 2 is 1.50 bits per heavy atom. The molecule has 0 bridgehead atoms. The van der Waals surface area contributed by atoms with Gasteiger partial charge in [0.15, 0.2) is 5.43 Å². The highest BCUT2D eigenvalue weighted by molar-refractivity contribution is 9.10. The predicted octanol–water partition coefficient (Wildman–Crippen LogP) is 5.45. The lowest BCUT2D eigenvalue weighted by Gasteiger charge is -2.11. The van der Waals surface area contributed by atoms with E-state index >= 15 is 0 Å². The number of hydrogen-bond acceptors (Lipinski definition) is 2. The molecule has 3 heteroatoms. The van der Waals surface area contributed by atoms with Gasteiger partial charge in [-0.2, -0.15) is 0 Å². The van der Waals surface area contributed by atoms with Crippen LogP contribution in [0.5, 0.6) is 0 Å². The smallest absolute Gasteiger partial charge is 0.186 e. The van der Waals surface area contributed by atoms with Crippen LogP contribution in [0.2, 0.25) is 0 Å². The predicted molar refractivity (Wildman–Crippen MR) is 93.9 cm³/mol. The van der Waals surface area contributed by atoms with Crippen LogP contribution < -0.4 is 5.43 Å². The van der Waals surface area contributed by atoms with Crippen LogP contribution in [0.15, 0.2) is 68.3 Å². The van der Waals surface area contributed by atoms with Gasteiger partial charge in [-0.1, -0.05) is 34.1 Å². The average molecular weight is 349 g/mol. The van der Waals surface area contributed by atoms with Gasteiger partial charge in [0.25, 0.3) is 0 Å². The van der Waals surface area contributed by atoms with Gasteiger partial charge in [-0.05, 0) is 47.2 Å². The minimum absolute atomic E-state index is 0.0521. The van der Waals surface area contributed by atoms with Crippen molar-refractivity contribution in [1.29, 1.82) is 0 Å². The summed E-state index contributed by atoms with van der Waals surface area (Å²) in [5.41, 5.74) is 1.71. The maximum Gasteiger partial charge on any atom is 0.186 e. The highest BCUT2D eigenvalue weighted by atomic mass is 79.9. The summed E-state index contributed by atoms with van der Waals surface area (Å²) in [5, 5.41) is 6.00. The molecule has 0 aliphatic carbocycles. The largest absolute Gasteiger partial charge is 0.456 e. The fourth-order valence-corrected chi connectivity index (χ4v) is 3.68. The average Bonchev–Trinajstić information content (AvgIpc) is 2.54. The Morgan fingerprint density at radius 1 is 0.727 bits per heavy atom. The Morgan fingerprint density at radius 3 is 2.41 bits per heavy atom. The molecule has 0 saturated carbocycles. The lowest BCUT2D eigenvalue weighted by molar-refractivity contribution is 0.662. The molecule has 0 N–H and O–H groups in total. The second-order valence-corrected chi connectivity index (χ2v) is 6.42. The molecule has 0 aliphatic rings. The molecule has 0 fully saturated rings. The van der Waals surface area contributed by atoms with Crippen LogP contribution in [0.25, 0.3) is 43.5 Å². The van der Waals surface area contributed by atoms with Crippen molar-refractivity contribution < 1.29 is 4.42 Å². The first-order valence-corrected chi connectivity index (χ1v) is 7.81. The quantitative estimate of drug-likeness (QED) is 0.275. The summed E-state index contributed by atoms with van der Waals surface area (Å²) in [6, 6.07) is 17.5. The van der Waals surface area contributed by atoms with E-state index in [0.29, 0.717) is 0 Å². The molecule has 0 aliphatic heterocycles. The second kappa shape index (κ2) is 4.08. The molecule has 104 valence electrons. The van der Waals surface area contributed by atoms with E-state index in [9.17, 15) is 4.79 Å². The van der Waals surface area contributed by atoms with Crippen molar-refractivity contribution in [3.63, 3.8) is 0 Å². The SMILES string of the molecule is O=c1ccc2ccc3oc4ccc(Br)cc4c4ccc1c2c34. The normalized spacial score (nSPS) is 12.0. The van der Waals surface area contributed by atoms with E-state index in [1.54, 1.807) is 6.07 Å². The number of benzene rings is 4. The van der Waals surface area contributed by atoms with Crippen molar-refractivity contribution >= 4 is 59.4 Å². The second-order valence-electron chi connectivity index (χ2n) is 5.50.